The van der Waals surface area contributed by atoms with Crippen molar-refractivity contribution < 1.29 is 9.90 Å². The number of aliphatic hydroxyl groups is 1. The summed E-state index contributed by atoms with van der Waals surface area (Å²) in [4.78, 5) is 17.9. The Morgan fingerprint density at radius 2 is 2.38 bits per heavy atom. The van der Waals surface area contributed by atoms with E-state index in [1.54, 1.807) is 12.1 Å². The van der Waals surface area contributed by atoms with Crippen LogP contribution in [0.3, 0.4) is 0 Å². The lowest BCUT2D eigenvalue weighted by Gasteiger charge is -2.31. The maximum absolute atomic E-state index is 11.7. The van der Waals surface area contributed by atoms with E-state index < -0.39 is 0 Å². The quantitative estimate of drug-likeness (QED) is 0.721. The number of amides is 2. The molecule has 1 aromatic heterocycles. The number of hydrogen-bond donors (Lipinski definition) is 3. The molecule has 0 aliphatic carbocycles. The standard InChI is InChI=1S/C14H21ClN4O2/c15-13-4-3-12(8-17-13)18-14(21)16-5-7-19-6-1-2-11(9-19)10-20/h3-4,8,11,20H,1-2,5-7,9-10H2,(H2,16,18,21)/t11-/m0/s1. The van der Waals surface area contributed by atoms with Gasteiger partial charge in [0.1, 0.15) is 5.15 Å². The molecule has 0 radical (unpaired) electrons. The van der Waals surface area contributed by atoms with Crippen LogP contribution in [0.1, 0.15) is 12.8 Å². The molecule has 0 unspecified atom stereocenters. The van der Waals surface area contributed by atoms with Crippen molar-refractivity contribution in [2.45, 2.75) is 12.8 Å². The number of rotatable bonds is 5. The van der Waals surface area contributed by atoms with E-state index in [2.05, 4.69) is 20.5 Å². The highest BCUT2D eigenvalue weighted by Crippen LogP contribution is 2.15. The van der Waals surface area contributed by atoms with Gasteiger partial charge in [-0.15, -0.1) is 0 Å². The summed E-state index contributed by atoms with van der Waals surface area (Å²) in [6.07, 6.45) is 3.71. The average molecular weight is 313 g/mol. The Balaban J connectivity index is 1.66. The number of likely N-dealkylation sites (tertiary alicyclic amines) is 1. The van der Waals surface area contributed by atoms with E-state index in [0.717, 1.165) is 32.5 Å². The number of carbonyl (C=O) groups is 1. The van der Waals surface area contributed by atoms with Crippen LogP contribution < -0.4 is 10.6 Å². The van der Waals surface area contributed by atoms with E-state index in [4.69, 9.17) is 11.6 Å². The third-order valence-electron chi connectivity index (χ3n) is 3.56. The largest absolute Gasteiger partial charge is 0.396 e. The van der Waals surface area contributed by atoms with Crippen LogP contribution in [0, 0.1) is 5.92 Å². The molecule has 116 valence electrons. The predicted octanol–water partition coefficient (Wildman–Crippen LogP) is 1.56. The molecule has 3 N–H and O–H groups in total. The summed E-state index contributed by atoms with van der Waals surface area (Å²) in [5.41, 5.74) is 0.607. The van der Waals surface area contributed by atoms with Gasteiger partial charge in [-0.05, 0) is 37.4 Å². The molecule has 6 nitrogen and oxygen atoms in total. The fourth-order valence-corrected chi connectivity index (χ4v) is 2.57. The number of piperidine rings is 1. The smallest absolute Gasteiger partial charge is 0.319 e. The number of aliphatic hydroxyl groups excluding tert-OH is 1. The molecule has 7 heteroatoms. The van der Waals surface area contributed by atoms with Gasteiger partial charge in [0.05, 0.1) is 11.9 Å². The van der Waals surface area contributed by atoms with Crippen LogP contribution in [-0.2, 0) is 0 Å². The fourth-order valence-electron chi connectivity index (χ4n) is 2.46. The van der Waals surface area contributed by atoms with Crippen LogP contribution in [0.25, 0.3) is 0 Å². The molecule has 2 amide bonds. The Morgan fingerprint density at radius 1 is 1.52 bits per heavy atom. The van der Waals surface area contributed by atoms with Gasteiger partial charge in [-0.3, -0.25) is 0 Å². The number of halogens is 1. The van der Waals surface area contributed by atoms with E-state index in [-0.39, 0.29) is 12.6 Å². The highest BCUT2D eigenvalue weighted by Gasteiger charge is 2.18. The summed E-state index contributed by atoms with van der Waals surface area (Å²) in [6.45, 7) is 3.55. The van der Waals surface area contributed by atoms with Crippen molar-refractivity contribution in [3.05, 3.63) is 23.5 Å². The molecule has 21 heavy (non-hydrogen) atoms. The summed E-state index contributed by atoms with van der Waals surface area (Å²) in [6, 6.07) is 3.07. The highest BCUT2D eigenvalue weighted by atomic mass is 35.5. The van der Waals surface area contributed by atoms with Gasteiger partial charge in [0.2, 0.25) is 0 Å². The fraction of sp³-hybridized carbons (Fsp3) is 0.571. The van der Waals surface area contributed by atoms with Gasteiger partial charge in [-0.25, -0.2) is 9.78 Å². The minimum absolute atomic E-state index is 0.244. The zero-order chi connectivity index (χ0) is 15.1. The summed E-state index contributed by atoms with van der Waals surface area (Å²) < 4.78 is 0. The Kier molecular flexibility index (Phi) is 6.22. The molecule has 1 aliphatic rings. The van der Waals surface area contributed by atoms with Crippen molar-refractivity contribution in [2.75, 3.05) is 38.1 Å². The van der Waals surface area contributed by atoms with Gasteiger partial charge >= 0.3 is 6.03 Å². The molecule has 1 fully saturated rings. The first-order valence-electron chi connectivity index (χ1n) is 7.17. The van der Waals surface area contributed by atoms with Crippen LogP contribution in [0.15, 0.2) is 18.3 Å². The zero-order valence-electron chi connectivity index (χ0n) is 11.9. The molecule has 1 aliphatic heterocycles. The molecule has 2 heterocycles. The molecule has 0 saturated carbocycles. The number of nitrogens with one attached hydrogen (secondary N) is 2. The molecule has 0 spiro atoms. The monoisotopic (exact) mass is 312 g/mol. The lowest BCUT2D eigenvalue weighted by molar-refractivity contribution is 0.121. The first-order valence-corrected chi connectivity index (χ1v) is 7.55. The molecule has 0 bridgehead atoms. The van der Waals surface area contributed by atoms with Crippen molar-refractivity contribution in [2.24, 2.45) is 5.92 Å². The Hall–Kier alpha value is -1.37. The number of urea groups is 1. The molecule has 1 saturated heterocycles. The van der Waals surface area contributed by atoms with E-state index in [0.29, 0.717) is 23.3 Å². The van der Waals surface area contributed by atoms with Crippen LogP contribution >= 0.6 is 11.6 Å². The van der Waals surface area contributed by atoms with Gasteiger partial charge in [0.15, 0.2) is 0 Å². The summed E-state index contributed by atoms with van der Waals surface area (Å²) >= 11 is 5.68. The maximum Gasteiger partial charge on any atom is 0.319 e. The number of anilines is 1. The second kappa shape index (κ2) is 8.17. The van der Waals surface area contributed by atoms with Gasteiger partial charge in [-0.2, -0.15) is 0 Å². The summed E-state index contributed by atoms with van der Waals surface area (Å²) in [7, 11) is 0. The Bertz CT molecular complexity index is 455. The van der Waals surface area contributed by atoms with Crippen LogP contribution in [0.2, 0.25) is 5.15 Å². The molecule has 0 aromatic carbocycles. The number of nitrogens with zero attached hydrogens (tertiary/aromatic N) is 2. The van der Waals surface area contributed by atoms with Gasteiger partial charge in [0.25, 0.3) is 0 Å². The van der Waals surface area contributed by atoms with Crippen molar-refractivity contribution in [3.8, 4) is 0 Å². The first-order chi connectivity index (χ1) is 10.2. The van der Waals surface area contributed by atoms with E-state index >= 15 is 0 Å². The number of aromatic nitrogens is 1. The van der Waals surface area contributed by atoms with Crippen LogP contribution in [0.5, 0.6) is 0 Å². The second-order valence-corrected chi connectivity index (χ2v) is 5.63. The zero-order valence-corrected chi connectivity index (χ0v) is 12.6. The van der Waals surface area contributed by atoms with Gasteiger partial charge in [0, 0.05) is 26.2 Å². The van der Waals surface area contributed by atoms with Crippen molar-refractivity contribution >= 4 is 23.3 Å². The number of carbonyl (C=O) groups excluding carboxylic acids is 1. The lowest BCUT2D eigenvalue weighted by atomic mass is 9.99. The SMILES string of the molecule is O=C(NCCN1CCC[C@H](CO)C1)Nc1ccc(Cl)nc1. The average Bonchev–Trinajstić information content (AvgIpc) is 2.50. The highest BCUT2D eigenvalue weighted by molar-refractivity contribution is 6.29. The molecule has 1 atom stereocenters. The lowest BCUT2D eigenvalue weighted by Crippen LogP contribution is -2.42. The third kappa shape index (κ3) is 5.49. The molecular formula is C14H21ClN4O2. The molecular weight excluding hydrogens is 292 g/mol. The Morgan fingerprint density at radius 3 is 3.10 bits per heavy atom. The van der Waals surface area contributed by atoms with Crippen LogP contribution in [0.4, 0.5) is 10.5 Å². The molecule has 1 aromatic rings. The second-order valence-electron chi connectivity index (χ2n) is 5.24. The summed E-state index contributed by atoms with van der Waals surface area (Å²) in [5.74, 6) is 0.368. The van der Waals surface area contributed by atoms with Crippen molar-refractivity contribution in [1.29, 1.82) is 0 Å². The van der Waals surface area contributed by atoms with Crippen molar-refractivity contribution in [1.82, 2.24) is 15.2 Å². The normalized spacial score (nSPS) is 19.2. The molecule has 2 rings (SSSR count). The third-order valence-corrected chi connectivity index (χ3v) is 3.78. The maximum atomic E-state index is 11.7. The van der Waals surface area contributed by atoms with Crippen molar-refractivity contribution in [3.63, 3.8) is 0 Å². The minimum atomic E-state index is -0.255. The number of hydrogen-bond acceptors (Lipinski definition) is 4. The summed E-state index contributed by atoms with van der Waals surface area (Å²) in [5, 5.41) is 15.1. The van der Waals surface area contributed by atoms with Gasteiger partial charge in [-0.1, -0.05) is 11.6 Å². The van der Waals surface area contributed by atoms with E-state index in [9.17, 15) is 9.90 Å². The predicted molar refractivity (Wildman–Crippen MR) is 82.5 cm³/mol. The number of pyridine rings is 1. The Labute approximate surface area is 129 Å². The first kappa shape index (κ1) is 16.0. The topological polar surface area (TPSA) is 77.5 Å². The van der Waals surface area contributed by atoms with E-state index in [1.165, 1.54) is 6.20 Å². The van der Waals surface area contributed by atoms with Crippen LogP contribution in [-0.4, -0.2) is 53.8 Å². The van der Waals surface area contributed by atoms with E-state index in [1.807, 2.05) is 0 Å². The minimum Gasteiger partial charge on any atom is -0.396 e. The van der Waals surface area contributed by atoms with Gasteiger partial charge < -0.3 is 20.6 Å².